The molecule has 0 saturated heterocycles. The predicted molar refractivity (Wildman–Crippen MR) is 93.3 cm³/mol. The number of anilines is 1. The van der Waals surface area contributed by atoms with Gasteiger partial charge in [-0.1, -0.05) is 39.3 Å². The Bertz CT molecular complexity index is 496. The Morgan fingerprint density at radius 1 is 1.13 bits per heavy atom. The highest BCUT2D eigenvalue weighted by Gasteiger charge is 2.18. The summed E-state index contributed by atoms with van der Waals surface area (Å²) in [6.45, 7) is 5.54. The van der Waals surface area contributed by atoms with E-state index in [1.54, 1.807) is 0 Å². The van der Waals surface area contributed by atoms with E-state index in [2.05, 4.69) is 12.2 Å². The van der Waals surface area contributed by atoms with Crippen LogP contribution in [0.2, 0.25) is 0 Å². The number of amides is 1. The fourth-order valence-electron chi connectivity index (χ4n) is 2.58. The van der Waals surface area contributed by atoms with E-state index in [-0.39, 0.29) is 23.5 Å². The van der Waals surface area contributed by atoms with Gasteiger partial charge in [-0.25, -0.2) is 0 Å². The lowest BCUT2D eigenvalue weighted by Gasteiger charge is -2.16. The van der Waals surface area contributed by atoms with Crippen molar-refractivity contribution in [2.24, 2.45) is 11.8 Å². The first-order valence-electron chi connectivity index (χ1n) is 8.55. The molecule has 0 fully saturated rings. The molecule has 0 spiro atoms. The molecule has 0 heterocycles. The average Bonchev–Trinajstić information content (AvgIpc) is 2.58. The van der Waals surface area contributed by atoms with Crippen LogP contribution < -0.4 is 5.32 Å². The number of carbonyl (C=O) groups is 2. The molecule has 4 heteroatoms. The molecule has 0 bridgehead atoms. The van der Waals surface area contributed by atoms with E-state index in [0.717, 1.165) is 31.4 Å². The van der Waals surface area contributed by atoms with Gasteiger partial charge in [0.25, 0.3) is 0 Å². The van der Waals surface area contributed by atoms with Gasteiger partial charge in [-0.3, -0.25) is 9.59 Å². The summed E-state index contributed by atoms with van der Waals surface area (Å²) in [4.78, 5) is 23.7. The maximum atomic E-state index is 12.3. The lowest BCUT2D eigenvalue weighted by molar-refractivity contribution is -0.125. The second-order valence-electron chi connectivity index (χ2n) is 6.10. The largest absolute Gasteiger partial charge is 0.389 e. The number of Topliss-reactive ketones (excluding diaryl/α,β-unsaturated/α-hetero) is 1. The maximum Gasteiger partial charge on any atom is 0.227 e. The number of aliphatic hydroxyl groups is 1. The van der Waals surface area contributed by atoms with Crippen molar-refractivity contribution in [2.45, 2.75) is 52.9 Å². The number of hydrogen-bond acceptors (Lipinski definition) is 3. The van der Waals surface area contributed by atoms with Crippen molar-refractivity contribution in [1.82, 2.24) is 0 Å². The minimum atomic E-state index is -0.396. The topological polar surface area (TPSA) is 66.4 Å². The Labute approximate surface area is 139 Å². The molecule has 2 N–H and O–H groups in total. The smallest absolute Gasteiger partial charge is 0.227 e. The molecular weight excluding hydrogens is 290 g/mol. The van der Waals surface area contributed by atoms with Gasteiger partial charge in [0.1, 0.15) is 6.61 Å². The van der Waals surface area contributed by atoms with Crippen molar-refractivity contribution in [3.63, 3.8) is 0 Å². The zero-order valence-electron chi connectivity index (χ0n) is 14.5. The number of nitrogens with one attached hydrogen (secondary N) is 1. The van der Waals surface area contributed by atoms with Crippen LogP contribution in [-0.2, 0) is 16.0 Å². The van der Waals surface area contributed by atoms with Crippen molar-refractivity contribution in [3.05, 3.63) is 29.8 Å². The van der Waals surface area contributed by atoms with E-state index in [9.17, 15) is 9.59 Å². The lowest BCUT2D eigenvalue weighted by atomic mass is 9.93. The molecule has 1 aromatic rings. The van der Waals surface area contributed by atoms with Gasteiger partial charge in [0.15, 0.2) is 5.78 Å². The summed E-state index contributed by atoms with van der Waals surface area (Å²) >= 11 is 0. The molecule has 0 saturated carbocycles. The van der Waals surface area contributed by atoms with Crippen molar-refractivity contribution >= 4 is 17.4 Å². The number of hydrogen-bond donors (Lipinski definition) is 2. The van der Waals surface area contributed by atoms with Crippen LogP contribution in [0.15, 0.2) is 24.3 Å². The Balaban J connectivity index is 2.46. The monoisotopic (exact) mass is 319 g/mol. The quantitative estimate of drug-likeness (QED) is 0.692. The van der Waals surface area contributed by atoms with Crippen LogP contribution in [0, 0.1) is 11.8 Å². The standard InChI is InChI=1S/C19H29NO3/c1-4-15-9-11-17(12-10-15)20-19(23)16(5-2)8-6-7-14(3)18(22)13-21/h9-12,14,16,21H,4-8,13H2,1-3H3,(H,20,23). The van der Waals surface area contributed by atoms with E-state index >= 15 is 0 Å². The van der Waals surface area contributed by atoms with E-state index in [1.807, 2.05) is 38.1 Å². The molecular formula is C19H29NO3. The zero-order chi connectivity index (χ0) is 17.2. The van der Waals surface area contributed by atoms with Gasteiger partial charge < -0.3 is 10.4 Å². The number of aryl methyl sites for hydroxylation is 1. The molecule has 1 aromatic carbocycles. The number of carbonyl (C=O) groups excluding carboxylic acids is 2. The van der Waals surface area contributed by atoms with E-state index in [4.69, 9.17) is 5.11 Å². The van der Waals surface area contributed by atoms with Crippen LogP contribution in [0.1, 0.15) is 52.0 Å². The zero-order valence-corrected chi connectivity index (χ0v) is 14.5. The van der Waals surface area contributed by atoms with Crippen LogP contribution in [0.3, 0.4) is 0 Å². The Kier molecular flexibility index (Phi) is 8.56. The highest BCUT2D eigenvalue weighted by molar-refractivity contribution is 5.92. The number of aliphatic hydroxyl groups excluding tert-OH is 1. The molecule has 2 atom stereocenters. The Morgan fingerprint density at radius 2 is 1.78 bits per heavy atom. The normalized spacial score (nSPS) is 13.4. The SMILES string of the molecule is CCc1ccc(NC(=O)C(CC)CCCC(C)C(=O)CO)cc1. The third-order valence-electron chi connectivity index (χ3n) is 4.39. The number of ketones is 1. The summed E-state index contributed by atoms with van der Waals surface area (Å²) in [5.41, 5.74) is 2.08. The first-order chi connectivity index (χ1) is 11.0. The van der Waals surface area contributed by atoms with Crippen molar-refractivity contribution < 1.29 is 14.7 Å². The minimum Gasteiger partial charge on any atom is -0.389 e. The van der Waals surface area contributed by atoms with E-state index < -0.39 is 6.61 Å². The van der Waals surface area contributed by atoms with Gasteiger partial charge in [0, 0.05) is 17.5 Å². The average molecular weight is 319 g/mol. The molecule has 23 heavy (non-hydrogen) atoms. The third kappa shape index (κ3) is 6.53. The second kappa shape index (κ2) is 10.2. The summed E-state index contributed by atoms with van der Waals surface area (Å²) in [5, 5.41) is 11.8. The molecule has 0 radical (unpaired) electrons. The molecule has 1 amide bonds. The summed E-state index contributed by atoms with van der Waals surface area (Å²) in [7, 11) is 0. The number of rotatable bonds is 10. The molecule has 0 aromatic heterocycles. The molecule has 0 aliphatic rings. The fourth-order valence-corrected chi connectivity index (χ4v) is 2.58. The summed E-state index contributed by atoms with van der Waals surface area (Å²) in [5.74, 6) is -0.268. The Hall–Kier alpha value is -1.68. The molecule has 2 unspecified atom stereocenters. The minimum absolute atomic E-state index is 0.0397. The van der Waals surface area contributed by atoms with Gasteiger partial charge in [0.2, 0.25) is 5.91 Å². The van der Waals surface area contributed by atoms with Gasteiger partial charge >= 0.3 is 0 Å². The highest BCUT2D eigenvalue weighted by Crippen LogP contribution is 2.19. The highest BCUT2D eigenvalue weighted by atomic mass is 16.3. The summed E-state index contributed by atoms with van der Waals surface area (Å²) in [6, 6.07) is 7.92. The number of benzene rings is 1. The van der Waals surface area contributed by atoms with Gasteiger partial charge in [0.05, 0.1) is 0 Å². The fraction of sp³-hybridized carbons (Fsp3) is 0.579. The second-order valence-corrected chi connectivity index (χ2v) is 6.10. The van der Waals surface area contributed by atoms with Gasteiger partial charge in [-0.2, -0.15) is 0 Å². The van der Waals surface area contributed by atoms with E-state index in [0.29, 0.717) is 6.42 Å². The van der Waals surface area contributed by atoms with Crippen LogP contribution in [0.4, 0.5) is 5.69 Å². The molecule has 1 rings (SSSR count). The molecule has 128 valence electrons. The summed E-state index contributed by atoms with van der Waals surface area (Å²) < 4.78 is 0. The first-order valence-corrected chi connectivity index (χ1v) is 8.55. The van der Waals surface area contributed by atoms with Gasteiger partial charge in [-0.05, 0) is 43.4 Å². The molecule has 0 aliphatic heterocycles. The Morgan fingerprint density at radius 3 is 2.30 bits per heavy atom. The van der Waals surface area contributed by atoms with Crippen LogP contribution in [0.25, 0.3) is 0 Å². The van der Waals surface area contributed by atoms with Crippen molar-refractivity contribution in [2.75, 3.05) is 11.9 Å². The van der Waals surface area contributed by atoms with Gasteiger partial charge in [-0.15, -0.1) is 0 Å². The predicted octanol–water partition coefficient (Wildman–Crippen LogP) is 3.58. The van der Waals surface area contributed by atoms with Crippen LogP contribution in [0.5, 0.6) is 0 Å². The maximum absolute atomic E-state index is 12.3. The van der Waals surface area contributed by atoms with Crippen molar-refractivity contribution in [3.8, 4) is 0 Å². The van der Waals surface area contributed by atoms with Crippen LogP contribution >= 0.6 is 0 Å². The molecule has 0 aliphatic carbocycles. The van der Waals surface area contributed by atoms with Crippen LogP contribution in [-0.4, -0.2) is 23.4 Å². The molecule has 4 nitrogen and oxygen atoms in total. The third-order valence-corrected chi connectivity index (χ3v) is 4.39. The van der Waals surface area contributed by atoms with Crippen molar-refractivity contribution in [1.29, 1.82) is 0 Å². The summed E-state index contributed by atoms with van der Waals surface area (Å²) in [6.07, 6.45) is 4.05. The van der Waals surface area contributed by atoms with E-state index in [1.165, 1.54) is 5.56 Å². The first kappa shape index (κ1) is 19.4. The lowest BCUT2D eigenvalue weighted by Crippen LogP contribution is -2.23.